The number of benzene rings is 2. The molecular weight excluding hydrogens is 384 g/mol. The molecule has 0 saturated heterocycles. The highest BCUT2D eigenvalue weighted by molar-refractivity contribution is 7.99. The fourth-order valence-corrected chi connectivity index (χ4v) is 3.08. The summed E-state index contributed by atoms with van der Waals surface area (Å²) in [6.07, 6.45) is 0. The van der Waals surface area contributed by atoms with Crippen LogP contribution in [0.4, 0.5) is 5.69 Å². The van der Waals surface area contributed by atoms with Gasteiger partial charge in [0.25, 0.3) is 0 Å². The van der Waals surface area contributed by atoms with Crippen LogP contribution in [0, 0.1) is 0 Å². The highest BCUT2D eigenvalue weighted by atomic mass is 32.2. The molecule has 5 nitrogen and oxygen atoms in total. The second-order valence-electron chi connectivity index (χ2n) is 5.08. The third kappa shape index (κ3) is 7.90. The Morgan fingerprint density at radius 2 is 1.65 bits per heavy atom. The number of anilines is 1. The zero-order valence-electron chi connectivity index (χ0n) is 14.5. The van der Waals surface area contributed by atoms with Crippen molar-refractivity contribution in [3.63, 3.8) is 0 Å². The van der Waals surface area contributed by atoms with Crippen LogP contribution in [0.25, 0.3) is 0 Å². The van der Waals surface area contributed by atoms with Gasteiger partial charge in [0.2, 0.25) is 0 Å². The van der Waals surface area contributed by atoms with E-state index < -0.39 is 0 Å². The Balaban J connectivity index is 1.59. The van der Waals surface area contributed by atoms with Crippen LogP contribution < -0.4 is 26.2 Å². The van der Waals surface area contributed by atoms with E-state index in [4.69, 9.17) is 29.2 Å². The summed E-state index contributed by atoms with van der Waals surface area (Å²) in [5.41, 5.74) is 6.59. The first-order valence-electron chi connectivity index (χ1n) is 8.19. The molecule has 0 aromatic heterocycles. The molecule has 138 valence electrons. The van der Waals surface area contributed by atoms with Gasteiger partial charge in [0.1, 0.15) is 5.75 Å². The SMILES string of the molecule is CCOc1ccc(NC(=S)NNC(=S)NCCSc2ccccc2)cc1. The summed E-state index contributed by atoms with van der Waals surface area (Å²) in [5, 5.41) is 7.12. The van der Waals surface area contributed by atoms with Crippen molar-refractivity contribution in [3.05, 3.63) is 54.6 Å². The summed E-state index contributed by atoms with van der Waals surface area (Å²) >= 11 is 12.2. The molecule has 0 aliphatic carbocycles. The van der Waals surface area contributed by atoms with Gasteiger partial charge in [0, 0.05) is 22.9 Å². The predicted octanol–water partition coefficient (Wildman–Crippen LogP) is 3.54. The van der Waals surface area contributed by atoms with Crippen molar-refractivity contribution in [1.82, 2.24) is 16.2 Å². The molecule has 8 heteroatoms. The summed E-state index contributed by atoms with van der Waals surface area (Å²) in [6.45, 7) is 3.35. The summed E-state index contributed by atoms with van der Waals surface area (Å²) in [5.74, 6) is 1.74. The lowest BCUT2D eigenvalue weighted by Crippen LogP contribution is -2.48. The van der Waals surface area contributed by atoms with E-state index >= 15 is 0 Å². The van der Waals surface area contributed by atoms with Crippen molar-refractivity contribution in [3.8, 4) is 5.75 Å². The van der Waals surface area contributed by atoms with Crippen LogP contribution in [0.5, 0.6) is 5.75 Å². The van der Waals surface area contributed by atoms with Crippen molar-refractivity contribution in [2.75, 3.05) is 24.2 Å². The maximum atomic E-state index is 5.40. The number of nitrogens with one attached hydrogen (secondary N) is 4. The molecule has 0 amide bonds. The van der Waals surface area contributed by atoms with E-state index in [1.165, 1.54) is 4.90 Å². The lowest BCUT2D eigenvalue weighted by Gasteiger charge is -2.14. The number of thioether (sulfide) groups is 1. The van der Waals surface area contributed by atoms with Crippen molar-refractivity contribution in [2.24, 2.45) is 0 Å². The summed E-state index contributed by atoms with van der Waals surface area (Å²) in [4.78, 5) is 1.24. The first-order chi connectivity index (χ1) is 12.7. The van der Waals surface area contributed by atoms with E-state index in [-0.39, 0.29) is 0 Å². The number of hydrogen-bond acceptors (Lipinski definition) is 4. The van der Waals surface area contributed by atoms with Crippen LogP contribution >= 0.6 is 36.2 Å². The van der Waals surface area contributed by atoms with Crippen molar-refractivity contribution < 1.29 is 4.74 Å². The van der Waals surface area contributed by atoms with Crippen LogP contribution in [0.3, 0.4) is 0 Å². The molecule has 0 aliphatic rings. The second-order valence-corrected chi connectivity index (χ2v) is 7.06. The molecule has 0 heterocycles. The standard InChI is InChI=1S/C18H22N4OS3/c1-2-23-15-10-8-14(9-11-15)20-18(25)22-21-17(24)19-12-13-26-16-6-4-3-5-7-16/h3-11H,2,12-13H2,1H3,(H2,19,21,24)(H2,20,22,25). The molecule has 0 atom stereocenters. The molecule has 0 bridgehead atoms. The molecule has 4 N–H and O–H groups in total. The summed E-state index contributed by atoms with van der Waals surface area (Å²) < 4.78 is 5.40. The van der Waals surface area contributed by atoms with Gasteiger partial charge >= 0.3 is 0 Å². The van der Waals surface area contributed by atoms with Gasteiger partial charge in [-0.25, -0.2) is 0 Å². The average molecular weight is 407 g/mol. The molecule has 2 rings (SSSR count). The van der Waals surface area contributed by atoms with Gasteiger partial charge < -0.3 is 15.4 Å². The van der Waals surface area contributed by atoms with Gasteiger partial charge in [-0.1, -0.05) is 18.2 Å². The van der Waals surface area contributed by atoms with Crippen LogP contribution in [-0.2, 0) is 0 Å². The first-order valence-corrected chi connectivity index (χ1v) is 9.99. The first kappa shape index (κ1) is 20.3. The molecule has 2 aromatic rings. The number of ether oxygens (including phenoxy) is 1. The third-order valence-corrected chi connectivity index (χ3v) is 4.58. The Hall–Kier alpha value is -2.03. The van der Waals surface area contributed by atoms with E-state index in [0.717, 1.165) is 23.7 Å². The maximum Gasteiger partial charge on any atom is 0.189 e. The van der Waals surface area contributed by atoms with Crippen LogP contribution in [-0.4, -0.2) is 29.1 Å². The van der Waals surface area contributed by atoms with E-state index in [1.807, 2.05) is 49.4 Å². The van der Waals surface area contributed by atoms with E-state index in [2.05, 4.69) is 33.6 Å². The summed E-state index contributed by atoms with van der Waals surface area (Å²) in [6, 6.07) is 17.8. The van der Waals surface area contributed by atoms with E-state index in [9.17, 15) is 0 Å². The third-order valence-electron chi connectivity index (χ3n) is 3.11. The Bertz CT molecular complexity index is 695. The van der Waals surface area contributed by atoms with Crippen molar-refractivity contribution in [1.29, 1.82) is 0 Å². The number of rotatable bonds is 7. The number of hydrazine groups is 1. The minimum Gasteiger partial charge on any atom is -0.494 e. The van der Waals surface area contributed by atoms with Gasteiger partial charge in [-0.15, -0.1) is 11.8 Å². The van der Waals surface area contributed by atoms with Gasteiger partial charge in [-0.2, -0.15) is 0 Å². The van der Waals surface area contributed by atoms with Gasteiger partial charge in [-0.3, -0.25) is 10.9 Å². The van der Waals surface area contributed by atoms with Crippen LogP contribution in [0.2, 0.25) is 0 Å². The van der Waals surface area contributed by atoms with Gasteiger partial charge in [-0.05, 0) is 67.8 Å². The minimum atomic E-state index is 0.428. The Kier molecular flexibility index (Phi) is 9.02. The Morgan fingerprint density at radius 1 is 0.962 bits per heavy atom. The zero-order valence-corrected chi connectivity index (χ0v) is 16.9. The topological polar surface area (TPSA) is 57.4 Å². The Morgan fingerprint density at radius 3 is 2.35 bits per heavy atom. The molecule has 0 radical (unpaired) electrons. The Labute approximate surface area is 169 Å². The highest BCUT2D eigenvalue weighted by Gasteiger charge is 2.00. The lowest BCUT2D eigenvalue weighted by atomic mass is 10.3. The van der Waals surface area contributed by atoms with E-state index in [1.54, 1.807) is 11.8 Å². The molecule has 2 aromatic carbocycles. The molecule has 0 fully saturated rings. The van der Waals surface area contributed by atoms with Gasteiger partial charge in [0.05, 0.1) is 6.61 Å². The second kappa shape index (κ2) is 11.6. The smallest absolute Gasteiger partial charge is 0.189 e. The molecule has 26 heavy (non-hydrogen) atoms. The fourth-order valence-electron chi connectivity index (χ4n) is 1.97. The average Bonchev–Trinajstić information content (AvgIpc) is 2.66. The molecular formula is C18H22N4OS3. The van der Waals surface area contributed by atoms with Crippen molar-refractivity contribution in [2.45, 2.75) is 11.8 Å². The largest absolute Gasteiger partial charge is 0.494 e. The number of hydrogen-bond donors (Lipinski definition) is 4. The molecule has 0 aliphatic heterocycles. The van der Waals surface area contributed by atoms with Gasteiger partial charge in [0.15, 0.2) is 10.2 Å². The molecule has 0 unspecified atom stereocenters. The number of thiocarbonyl (C=S) groups is 2. The maximum absolute atomic E-state index is 5.40. The lowest BCUT2D eigenvalue weighted by molar-refractivity contribution is 0.340. The predicted molar refractivity (Wildman–Crippen MR) is 118 cm³/mol. The molecule has 0 spiro atoms. The highest BCUT2D eigenvalue weighted by Crippen LogP contribution is 2.16. The quantitative estimate of drug-likeness (QED) is 0.241. The zero-order chi connectivity index (χ0) is 18.6. The summed E-state index contributed by atoms with van der Waals surface area (Å²) in [7, 11) is 0. The minimum absolute atomic E-state index is 0.428. The van der Waals surface area contributed by atoms with Crippen molar-refractivity contribution >= 4 is 52.1 Å². The normalized spacial score (nSPS) is 9.88. The van der Waals surface area contributed by atoms with Crippen LogP contribution in [0.15, 0.2) is 59.5 Å². The molecule has 0 saturated carbocycles. The van der Waals surface area contributed by atoms with E-state index in [0.29, 0.717) is 16.8 Å². The van der Waals surface area contributed by atoms with Crippen LogP contribution in [0.1, 0.15) is 6.92 Å². The monoisotopic (exact) mass is 406 g/mol. The fraction of sp³-hybridized carbons (Fsp3) is 0.222.